The average molecular weight is 411 g/mol. The molecule has 3 heterocycles. The number of hydrogen-bond donors (Lipinski definition) is 3. The highest BCUT2D eigenvalue weighted by Gasteiger charge is 2.47. The molecule has 2 aromatic rings. The summed E-state index contributed by atoms with van der Waals surface area (Å²) in [7, 11) is 3.25. The van der Waals surface area contributed by atoms with Gasteiger partial charge in [-0.15, -0.1) is 0 Å². The Labute approximate surface area is 173 Å². The summed E-state index contributed by atoms with van der Waals surface area (Å²) in [6.45, 7) is 1.84. The standard InChI is InChI=1S/C20H25N7O3/c1-12-9-15(23-13-10-14(22-11-21-13)24-19(29)26(2)3)27(30)17-16(12)18(28)25-20(17)7-5-4-6-8-20/h9-11,30H,4-8H2,1-3H3,(H,25,28)(H,21,22,24,29). The molecule has 1 spiro atoms. The van der Waals surface area contributed by atoms with Crippen LogP contribution in [0.3, 0.4) is 0 Å². The Morgan fingerprint density at radius 3 is 2.70 bits per heavy atom. The van der Waals surface area contributed by atoms with Crippen molar-refractivity contribution in [1.82, 2.24) is 24.9 Å². The smallest absolute Gasteiger partial charge is 0.322 e. The van der Waals surface area contributed by atoms with E-state index < -0.39 is 5.54 Å². The molecule has 3 N–H and O–H groups in total. The molecule has 1 aliphatic heterocycles. The number of amides is 3. The summed E-state index contributed by atoms with van der Waals surface area (Å²) in [6, 6.07) is 2.85. The first-order valence-electron chi connectivity index (χ1n) is 9.95. The van der Waals surface area contributed by atoms with Gasteiger partial charge in [-0.1, -0.05) is 19.3 Å². The highest BCUT2D eigenvalue weighted by atomic mass is 16.5. The van der Waals surface area contributed by atoms with Gasteiger partial charge in [-0.25, -0.2) is 19.8 Å². The maximum Gasteiger partial charge on any atom is 0.322 e. The second kappa shape index (κ2) is 7.43. The minimum absolute atomic E-state index is 0.158. The Hall–Kier alpha value is -3.43. The summed E-state index contributed by atoms with van der Waals surface area (Å²) in [5.74, 6) is 0.413. The van der Waals surface area contributed by atoms with Crippen molar-refractivity contribution in [2.24, 2.45) is 4.99 Å². The Morgan fingerprint density at radius 2 is 2.00 bits per heavy atom. The van der Waals surface area contributed by atoms with Gasteiger partial charge in [-0.05, 0) is 31.4 Å². The minimum atomic E-state index is -0.563. The van der Waals surface area contributed by atoms with E-state index in [1.54, 1.807) is 20.2 Å². The SMILES string of the molecule is Cc1cc(=Nc2cc(NC(=O)N(C)C)ncn2)n(O)c2c1C(=O)NC21CCCCC1. The molecule has 30 heavy (non-hydrogen) atoms. The van der Waals surface area contributed by atoms with E-state index >= 15 is 0 Å². The minimum Gasteiger partial charge on any atom is -0.427 e. The lowest BCUT2D eigenvalue weighted by molar-refractivity contribution is 0.0891. The van der Waals surface area contributed by atoms with Crippen molar-refractivity contribution >= 4 is 23.6 Å². The molecule has 1 fully saturated rings. The van der Waals surface area contributed by atoms with E-state index in [-0.39, 0.29) is 23.2 Å². The van der Waals surface area contributed by atoms with Crippen molar-refractivity contribution in [2.75, 3.05) is 19.4 Å². The van der Waals surface area contributed by atoms with E-state index in [0.717, 1.165) is 42.4 Å². The number of fused-ring (bicyclic) bond motifs is 2. The molecular weight excluding hydrogens is 386 g/mol. The van der Waals surface area contributed by atoms with Gasteiger partial charge in [0.2, 0.25) is 0 Å². The number of carbonyl (C=O) groups excluding carboxylic acids is 2. The number of pyridine rings is 1. The summed E-state index contributed by atoms with van der Waals surface area (Å²) in [5.41, 5.74) is 1.52. The molecule has 0 bridgehead atoms. The lowest BCUT2D eigenvalue weighted by Gasteiger charge is -2.34. The van der Waals surface area contributed by atoms with Crippen LogP contribution in [0.4, 0.5) is 16.4 Å². The maximum atomic E-state index is 12.7. The number of nitrogens with zero attached hydrogens (tertiary/aromatic N) is 5. The number of anilines is 1. The molecule has 1 aliphatic carbocycles. The highest BCUT2D eigenvalue weighted by molar-refractivity contribution is 6.00. The summed E-state index contributed by atoms with van der Waals surface area (Å²) in [5, 5.41) is 16.8. The van der Waals surface area contributed by atoms with Crippen LogP contribution in [0.1, 0.15) is 53.7 Å². The molecule has 10 nitrogen and oxygen atoms in total. The van der Waals surface area contributed by atoms with Crippen LogP contribution in [0.2, 0.25) is 0 Å². The number of urea groups is 1. The predicted octanol–water partition coefficient (Wildman–Crippen LogP) is 2.05. The quantitative estimate of drug-likeness (QED) is 0.653. The molecule has 1 saturated carbocycles. The zero-order valence-electron chi connectivity index (χ0n) is 17.3. The van der Waals surface area contributed by atoms with Gasteiger partial charge in [0.05, 0.1) is 16.8 Å². The predicted molar refractivity (Wildman–Crippen MR) is 109 cm³/mol. The van der Waals surface area contributed by atoms with Crippen LogP contribution in [-0.4, -0.2) is 50.8 Å². The number of nitrogens with one attached hydrogen (secondary N) is 2. The first kappa shape index (κ1) is 19.9. The van der Waals surface area contributed by atoms with Gasteiger partial charge >= 0.3 is 6.03 Å². The molecule has 0 saturated heterocycles. The molecule has 4 rings (SSSR count). The number of aryl methyl sites for hydroxylation is 1. The molecule has 10 heteroatoms. The van der Waals surface area contributed by atoms with Crippen molar-refractivity contribution in [2.45, 2.75) is 44.6 Å². The van der Waals surface area contributed by atoms with E-state index in [1.807, 2.05) is 6.92 Å². The number of rotatable bonds is 2. The summed E-state index contributed by atoms with van der Waals surface area (Å²) >= 11 is 0. The van der Waals surface area contributed by atoms with Crippen molar-refractivity contribution in [3.05, 3.63) is 40.8 Å². The number of hydrogen-bond acceptors (Lipinski definition) is 6. The topological polar surface area (TPSA) is 125 Å². The lowest BCUT2D eigenvalue weighted by atomic mass is 9.79. The van der Waals surface area contributed by atoms with Gasteiger partial charge < -0.3 is 15.4 Å². The van der Waals surface area contributed by atoms with Crippen LogP contribution >= 0.6 is 0 Å². The van der Waals surface area contributed by atoms with E-state index in [2.05, 4.69) is 25.6 Å². The number of aromatic nitrogens is 3. The van der Waals surface area contributed by atoms with Gasteiger partial charge in [0.25, 0.3) is 5.91 Å². The van der Waals surface area contributed by atoms with E-state index in [1.165, 1.54) is 17.3 Å². The van der Waals surface area contributed by atoms with Crippen molar-refractivity contribution in [3.63, 3.8) is 0 Å². The van der Waals surface area contributed by atoms with Crippen molar-refractivity contribution < 1.29 is 14.8 Å². The second-order valence-electron chi connectivity index (χ2n) is 8.02. The van der Waals surface area contributed by atoms with Gasteiger partial charge in [-0.3, -0.25) is 10.1 Å². The van der Waals surface area contributed by atoms with Gasteiger partial charge in [-0.2, -0.15) is 4.73 Å². The van der Waals surface area contributed by atoms with Gasteiger partial charge in [0, 0.05) is 20.2 Å². The summed E-state index contributed by atoms with van der Waals surface area (Å²) in [4.78, 5) is 38.5. The summed E-state index contributed by atoms with van der Waals surface area (Å²) in [6.07, 6.45) is 5.94. The second-order valence-corrected chi connectivity index (χ2v) is 8.02. The Kier molecular flexibility index (Phi) is 4.92. The normalized spacial score (nSPS) is 17.6. The fraction of sp³-hybridized carbons (Fsp3) is 0.450. The zero-order chi connectivity index (χ0) is 21.5. The Bertz CT molecular complexity index is 1080. The molecule has 3 amide bonds. The largest absolute Gasteiger partial charge is 0.427 e. The highest BCUT2D eigenvalue weighted by Crippen LogP contribution is 2.42. The Balaban J connectivity index is 1.79. The van der Waals surface area contributed by atoms with Gasteiger partial charge in [0.1, 0.15) is 12.1 Å². The van der Waals surface area contributed by atoms with E-state index in [0.29, 0.717) is 17.1 Å². The van der Waals surface area contributed by atoms with Crippen LogP contribution in [0.15, 0.2) is 23.5 Å². The van der Waals surface area contributed by atoms with Gasteiger partial charge in [0.15, 0.2) is 11.3 Å². The third kappa shape index (κ3) is 3.38. The molecule has 158 valence electrons. The first-order chi connectivity index (χ1) is 14.3. The van der Waals surface area contributed by atoms with E-state index in [9.17, 15) is 14.8 Å². The fourth-order valence-electron chi connectivity index (χ4n) is 4.21. The first-order valence-corrected chi connectivity index (χ1v) is 9.95. The molecule has 2 aromatic heterocycles. The molecule has 0 radical (unpaired) electrons. The van der Waals surface area contributed by atoms with Crippen molar-refractivity contribution in [3.8, 4) is 0 Å². The van der Waals surface area contributed by atoms with Crippen LogP contribution < -0.4 is 16.1 Å². The van der Waals surface area contributed by atoms with Crippen LogP contribution in [-0.2, 0) is 5.54 Å². The van der Waals surface area contributed by atoms with Crippen LogP contribution in [0.5, 0.6) is 0 Å². The van der Waals surface area contributed by atoms with Crippen LogP contribution in [0.25, 0.3) is 0 Å². The third-order valence-electron chi connectivity index (χ3n) is 5.67. The van der Waals surface area contributed by atoms with E-state index in [4.69, 9.17) is 0 Å². The fourth-order valence-corrected chi connectivity index (χ4v) is 4.21. The zero-order valence-corrected chi connectivity index (χ0v) is 17.3. The summed E-state index contributed by atoms with van der Waals surface area (Å²) < 4.78 is 1.01. The molecule has 0 unspecified atom stereocenters. The molecular formula is C20H25N7O3. The van der Waals surface area contributed by atoms with Crippen LogP contribution in [0, 0.1) is 6.92 Å². The molecule has 0 atom stereocenters. The molecule has 0 aromatic carbocycles. The average Bonchev–Trinajstić information content (AvgIpc) is 2.98. The van der Waals surface area contributed by atoms with Crippen molar-refractivity contribution in [1.29, 1.82) is 0 Å². The Morgan fingerprint density at radius 1 is 1.27 bits per heavy atom. The maximum absolute atomic E-state index is 12.7. The molecule has 2 aliphatic rings. The number of carbonyl (C=O) groups is 2. The monoisotopic (exact) mass is 411 g/mol. The third-order valence-corrected chi connectivity index (χ3v) is 5.67. The lowest BCUT2D eigenvalue weighted by Crippen LogP contribution is -2.43.